The molecular formula is C24H19ClFN8O2+. The monoisotopic (exact) mass is 505 g/mol. The molecule has 1 unspecified atom stereocenters. The van der Waals surface area contributed by atoms with Crippen LogP contribution >= 0.6 is 11.6 Å². The van der Waals surface area contributed by atoms with Crippen molar-refractivity contribution in [3.63, 3.8) is 0 Å². The smallest absolute Gasteiger partial charge is 0.274 e. The molecule has 1 atom stereocenters. The average Bonchev–Trinajstić information content (AvgIpc) is 3.60. The number of benzene rings is 1. The average molecular weight is 506 g/mol. The number of nitrogens with two attached hydrogens (primary N) is 1. The summed E-state index contributed by atoms with van der Waals surface area (Å²) in [5, 5.41) is 34.6. The number of hydrogen-bond donors (Lipinski definition) is 3. The standard InChI is InChI=1S/C24H19ClFN8O2/c25-16-1-3-19(33-12-29-31-32-33)18(9-16)15-7-13-5-6-24(35,22(13)34(36)11-15)20-8-14(10-28-20)17-2-4-21(27)30-23(17)26/h1-4,7,9-12,35-36H,5-6,8H2,(H2,27,30)/q+1. The molecule has 0 radical (unpaired) electrons. The van der Waals surface area contributed by atoms with Crippen LogP contribution in [0, 0.1) is 5.95 Å². The number of aromatic nitrogens is 6. The highest BCUT2D eigenvalue weighted by molar-refractivity contribution is 6.31. The Morgan fingerprint density at radius 1 is 1.17 bits per heavy atom. The van der Waals surface area contributed by atoms with Gasteiger partial charge in [0, 0.05) is 39.1 Å². The van der Waals surface area contributed by atoms with Crippen LogP contribution in [0.1, 0.15) is 29.7 Å². The topological polar surface area (TPSA) is 139 Å². The predicted molar refractivity (Wildman–Crippen MR) is 128 cm³/mol. The third kappa shape index (κ3) is 3.51. The number of allylic oxidation sites excluding steroid dienone is 1. The fraction of sp³-hybridized carbons (Fsp3) is 0.167. The predicted octanol–water partition coefficient (Wildman–Crippen LogP) is 2.64. The van der Waals surface area contributed by atoms with Crippen LogP contribution < -0.4 is 10.5 Å². The first kappa shape index (κ1) is 22.3. The van der Waals surface area contributed by atoms with E-state index in [9.17, 15) is 14.7 Å². The van der Waals surface area contributed by atoms with Crippen molar-refractivity contribution in [1.29, 1.82) is 0 Å². The van der Waals surface area contributed by atoms with Gasteiger partial charge in [-0.15, -0.1) is 5.10 Å². The number of hydrogen-bond acceptors (Lipinski definition) is 8. The summed E-state index contributed by atoms with van der Waals surface area (Å²) in [6, 6.07) is 10.2. The van der Waals surface area contributed by atoms with Crippen molar-refractivity contribution < 1.29 is 19.4 Å². The summed E-state index contributed by atoms with van der Waals surface area (Å²) in [7, 11) is 0. The Morgan fingerprint density at radius 2 is 2.03 bits per heavy atom. The zero-order valence-electron chi connectivity index (χ0n) is 18.7. The van der Waals surface area contributed by atoms with Crippen LogP contribution in [0.4, 0.5) is 10.2 Å². The minimum absolute atomic E-state index is 0.0828. The van der Waals surface area contributed by atoms with E-state index in [1.54, 1.807) is 24.3 Å². The third-order valence-corrected chi connectivity index (χ3v) is 6.80. The van der Waals surface area contributed by atoms with Crippen LogP contribution in [-0.2, 0) is 12.0 Å². The van der Waals surface area contributed by atoms with E-state index >= 15 is 0 Å². The van der Waals surface area contributed by atoms with Gasteiger partial charge in [-0.1, -0.05) is 11.6 Å². The van der Waals surface area contributed by atoms with Crippen molar-refractivity contribution in [2.24, 2.45) is 4.99 Å². The molecule has 3 aromatic heterocycles. The lowest BCUT2D eigenvalue weighted by molar-refractivity contribution is -0.911. The number of rotatable bonds is 4. The summed E-state index contributed by atoms with van der Waals surface area (Å²) in [6.45, 7) is 0. The number of aliphatic imine (C=N–C) groups is 1. The lowest BCUT2D eigenvalue weighted by atomic mass is 9.89. The van der Waals surface area contributed by atoms with Gasteiger partial charge in [-0.3, -0.25) is 10.2 Å². The number of nitrogens with zero attached hydrogens (tertiary/aromatic N) is 7. The Labute approximate surface area is 208 Å². The lowest BCUT2D eigenvalue weighted by Gasteiger charge is -2.20. The summed E-state index contributed by atoms with van der Waals surface area (Å²) < 4.78 is 16.8. The maximum Gasteiger partial charge on any atom is 0.274 e. The second-order valence-corrected chi connectivity index (χ2v) is 9.14. The molecule has 12 heteroatoms. The quantitative estimate of drug-likeness (QED) is 0.220. The van der Waals surface area contributed by atoms with Crippen molar-refractivity contribution in [3.05, 3.63) is 82.9 Å². The Kier molecular flexibility index (Phi) is 5.06. The van der Waals surface area contributed by atoms with E-state index in [2.05, 4.69) is 25.5 Å². The summed E-state index contributed by atoms with van der Waals surface area (Å²) in [5.74, 6) is -0.613. The van der Waals surface area contributed by atoms with Crippen molar-refractivity contribution in [1.82, 2.24) is 25.2 Å². The van der Waals surface area contributed by atoms with Crippen LogP contribution in [0.2, 0.25) is 5.02 Å². The molecule has 180 valence electrons. The molecule has 0 fully saturated rings. The summed E-state index contributed by atoms with van der Waals surface area (Å²) in [5.41, 5.74) is 8.39. The second kappa shape index (κ2) is 8.18. The molecule has 1 aliphatic carbocycles. The lowest BCUT2D eigenvalue weighted by Crippen LogP contribution is -2.46. The number of halogens is 2. The number of aryl methyl sites for hydroxylation is 1. The Morgan fingerprint density at radius 3 is 2.81 bits per heavy atom. The summed E-state index contributed by atoms with van der Waals surface area (Å²) in [4.78, 5) is 8.07. The molecule has 1 aliphatic heterocycles. The Balaban J connectivity index is 1.36. The molecule has 0 amide bonds. The minimum atomic E-state index is -1.52. The van der Waals surface area contributed by atoms with E-state index in [1.807, 2.05) is 6.07 Å². The van der Waals surface area contributed by atoms with E-state index in [0.717, 1.165) is 10.3 Å². The minimum Gasteiger partial charge on any atom is -0.384 e. The molecule has 10 nitrogen and oxygen atoms in total. The first-order chi connectivity index (χ1) is 17.3. The van der Waals surface area contributed by atoms with Crippen molar-refractivity contribution in [2.75, 3.05) is 5.73 Å². The molecule has 1 aromatic carbocycles. The first-order valence-electron chi connectivity index (χ1n) is 11.1. The Hall–Kier alpha value is -4.22. The highest BCUT2D eigenvalue weighted by Gasteiger charge is 2.51. The Bertz CT molecular complexity index is 1590. The van der Waals surface area contributed by atoms with E-state index in [4.69, 9.17) is 17.3 Å². The van der Waals surface area contributed by atoms with Gasteiger partial charge in [0.25, 0.3) is 5.69 Å². The molecule has 2 aliphatic rings. The second-order valence-electron chi connectivity index (χ2n) is 8.70. The van der Waals surface area contributed by atoms with Gasteiger partial charge in [0.15, 0.2) is 5.60 Å². The van der Waals surface area contributed by atoms with Crippen LogP contribution in [0.25, 0.3) is 22.4 Å². The fourth-order valence-electron chi connectivity index (χ4n) is 4.89. The van der Waals surface area contributed by atoms with E-state index in [0.29, 0.717) is 51.7 Å². The molecule has 0 spiro atoms. The number of aliphatic hydroxyl groups is 1. The third-order valence-electron chi connectivity index (χ3n) is 6.57. The van der Waals surface area contributed by atoms with Gasteiger partial charge in [0.05, 0.1) is 17.0 Å². The molecule has 0 bridgehead atoms. The fourth-order valence-corrected chi connectivity index (χ4v) is 5.06. The van der Waals surface area contributed by atoms with Crippen molar-refractivity contribution in [2.45, 2.75) is 24.9 Å². The number of anilines is 1. The highest BCUT2D eigenvalue weighted by atomic mass is 35.5. The molecule has 36 heavy (non-hydrogen) atoms. The largest absolute Gasteiger partial charge is 0.384 e. The van der Waals surface area contributed by atoms with Gasteiger partial charge >= 0.3 is 0 Å². The van der Waals surface area contributed by atoms with E-state index in [1.165, 1.54) is 29.5 Å². The number of tetrazole rings is 1. The molecule has 4 heterocycles. The summed E-state index contributed by atoms with van der Waals surface area (Å²) >= 11 is 6.27. The number of nitrogen functional groups attached to an aromatic ring is 1. The molecular weight excluding hydrogens is 487 g/mol. The zero-order valence-corrected chi connectivity index (χ0v) is 19.4. The zero-order chi connectivity index (χ0) is 25.0. The van der Waals surface area contributed by atoms with Gasteiger partial charge in [0.2, 0.25) is 12.1 Å². The molecule has 4 N–H and O–H groups in total. The molecule has 6 rings (SSSR count). The molecule has 0 saturated carbocycles. The normalized spacial score (nSPS) is 18.8. The molecule has 0 saturated heterocycles. The van der Waals surface area contributed by atoms with Gasteiger partial charge < -0.3 is 10.8 Å². The maximum atomic E-state index is 14.4. The first-order valence-corrected chi connectivity index (χ1v) is 11.4. The van der Waals surface area contributed by atoms with Gasteiger partial charge in [-0.2, -0.15) is 9.07 Å². The SMILES string of the molecule is Nc1ccc(C2=CN=C(C3(O)CCc4cc(-c5cc(Cl)ccc5-n5cnnn5)c[n+](O)c43)C2)c(F)n1. The number of pyridine rings is 2. The van der Waals surface area contributed by atoms with Gasteiger partial charge in [0.1, 0.15) is 12.1 Å². The van der Waals surface area contributed by atoms with Gasteiger partial charge in [-0.25, -0.2) is 4.98 Å². The van der Waals surface area contributed by atoms with Crippen LogP contribution in [0.3, 0.4) is 0 Å². The number of fused-ring (bicyclic) bond motifs is 1. The van der Waals surface area contributed by atoms with E-state index in [-0.39, 0.29) is 17.8 Å². The van der Waals surface area contributed by atoms with E-state index < -0.39 is 11.5 Å². The molecule has 4 aromatic rings. The van der Waals surface area contributed by atoms with Gasteiger partial charge in [-0.05, 0) is 65.2 Å². The van der Waals surface area contributed by atoms with Crippen LogP contribution in [0.15, 0.2) is 60.1 Å². The van der Waals surface area contributed by atoms with Crippen LogP contribution in [-0.4, -0.2) is 41.2 Å². The van der Waals surface area contributed by atoms with Crippen molar-refractivity contribution in [3.8, 4) is 16.8 Å². The summed E-state index contributed by atoms with van der Waals surface area (Å²) in [6.07, 6.45) is 5.49. The van der Waals surface area contributed by atoms with Crippen LogP contribution in [0.5, 0.6) is 0 Å². The highest BCUT2D eigenvalue weighted by Crippen LogP contribution is 2.42. The maximum absolute atomic E-state index is 14.4. The van der Waals surface area contributed by atoms with Crippen molar-refractivity contribution >= 4 is 28.7 Å².